The maximum Gasteiger partial charge on any atom is 0.198 e. The minimum atomic E-state index is -0.524. The third-order valence-corrected chi connectivity index (χ3v) is 16.3. The Kier molecular flexibility index (Phi) is 7.46. The monoisotopic (exact) mass is 873 g/mol. The van der Waals surface area contributed by atoms with E-state index in [0.29, 0.717) is 0 Å². The summed E-state index contributed by atoms with van der Waals surface area (Å²) in [6, 6.07) is 65.1. The highest BCUT2D eigenvalue weighted by Gasteiger charge is 2.53. The van der Waals surface area contributed by atoms with Crippen molar-refractivity contribution >= 4 is 90.5 Å². The lowest BCUT2D eigenvalue weighted by molar-refractivity contribution is 0.332. The van der Waals surface area contributed by atoms with Crippen LogP contribution in [0.15, 0.2) is 185 Å². The fourth-order valence-corrected chi connectivity index (χ4v) is 13.1. The zero-order chi connectivity index (χ0) is 45.3. The van der Waals surface area contributed by atoms with Gasteiger partial charge in [0.05, 0.1) is 16.8 Å². The normalized spacial score (nSPS) is 16.3. The molecule has 5 heteroatoms. The van der Waals surface area contributed by atoms with Crippen LogP contribution in [0.5, 0.6) is 0 Å². The van der Waals surface area contributed by atoms with E-state index in [2.05, 4.69) is 221 Å². The second-order valence-electron chi connectivity index (χ2n) is 20.9. The third kappa shape index (κ3) is 4.91. The number of furan rings is 2. The molecule has 2 aliphatic heterocycles. The van der Waals surface area contributed by atoms with Gasteiger partial charge in [0.15, 0.2) is 12.9 Å². The molecule has 4 heterocycles. The average molecular weight is 874 g/mol. The highest BCUT2D eigenvalue weighted by molar-refractivity contribution is 6.74. The number of para-hydroxylation sites is 4. The van der Waals surface area contributed by atoms with E-state index in [1.165, 1.54) is 62.1 Å². The maximum absolute atomic E-state index is 7.13. The largest absolute Gasteiger partial charge is 0.456 e. The smallest absolute Gasteiger partial charge is 0.198 e. The van der Waals surface area contributed by atoms with Gasteiger partial charge < -0.3 is 19.1 Å². The summed E-state index contributed by atoms with van der Waals surface area (Å²) in [6.07, 6.45) is 2.33. The Balaban J connectivity index is 1.03. The van der Waals surface area contributed by atoms with Gasteiger partial charge in [0.2, 0.25) is 0 Å². The third-order valence-electron chi connectivity index (χ3n) is 16.3. The van der Waals surface area contributed by atoms with Gasteiger partial charge in [-0.3, -0.25) is 0 Å². The molecule has 1 radical (unpaired) electrons. The molecule has 1 spiro atoms. The molecule has 0 atom stereocenters. The molecule has 2 aromatic heterocycles. The van der Waals surface area contributed by atoms with E-state index >= 15 is 0 Å². The second-order valence-corrected chi connectivity index (χ2v) is 20.9. The molecule has 0 unspecified atom stereocenters. The van der Waals surface area contributed by atoms with Crippen LogP contribution in [0.3, 0.4) is 0 Å². The van der Waals surface area contributed by atoms with Crippen molar-refractivity contribution in [2.24, 2.45) is 0 Å². The Hall–Kier alpha value is -7.76. The zero-order valence-electron chi connectivity index (χ0n) is 38.5. The van der Waals surface area contributed by atoms with Crippen molar-refractivity contribution in [3.63, 3.8) is 0 Å². The molecule has 9 aromatic carbocycles. The highest BCUT2D eigenvalue weighted by atomic mass is 16.3. The number of rotatable bonds is 3. The summed E-state index contributed by atoms with van der Waals surface area (Å²) in [7, 11) is 2.43. The maximum atomic E-state index is 7.13. The van der Waals surface area contributed by atoms with Gasteiger partial charge in [-0.25, -0.2) is 0 Å². The number of hydrogen-bond acceptors (Lipinski definition) is 4. The van der Waals surface area contributed by atoms with Gasteiger partial charge in [-0.05, 0) is 128 Å². The summed E-state index contributed by atoms with van der Waals surface area (Å²) in [4.78, 5) is 2.54. The molecular formula is C63H46BN2O2. The molecule has 11 aromatic rings. The molecule has 0 fully saturated rings. The Morgan fingerprint density at radius 3 is 1.85 bits per heavy atom. The number of hydrogen-bond donors (Lipinski definition) is 1. The number of nitrogens with zero attached hydrogens (tertiary/aromatic N) is 1. The number of fused-ring (bicyclic) bond motifs is 19. The summed E-state index contributed by atoms with van der Waals surface area (Å²) in [5.74, 6) is 0. The minimum absolute atomic E-state index is 0.0652. The predicted molar refractivity (Wildman–Crippen MR) is 282 cm³/mol. The Labute approximate surface area is 396 Å². The van der Waals surface area contributed by atoms with Crippen molar-refractivity contribution in [3.8, 4) is 22.3 Å². The SMILES string of the molecule is CC1(C)CCC(C)(C)c2cc(Nc3cc4c(cc3-c3cc5c(oc6ccccc65)c5c3[B]c3cccc6c3N5c3ccccc3C63c5ccccc5-c5ccccc53)oc3ccccc34)ccc21. The van der Waals surface area contributed by atoms with E-state index < -0.39 is 5.41 Å². The molecular weight excluding hydrogens is 828 g/mol. The lowest BCUT2D eigenvalue weighted by Gasteiger charge is -2.48. The Bertz CT molecular complexity index is 3970. The molecule has 0 saturated heterocycles. The summed E-state index contributed by atoms with van der Waals surface area (Å²) in [6.45, 7) is 9.60. The second kappa shape index (κ2) is 13.2. The number of benzene rings is 9. The topological polar surface area (TPSA) is 41.6 Å². The first kappa shape index (κ1) is 38.4. The standard InChI is InChI=1S/C63H46BN2O2/c1-61(2)30-31-62(3,4)50-32-36(28-29-47(50)61)65-52-34-42-39-18-7-13-26-54(39)67-56(42)35-41(52)43-33-44-40-19-8-14-27-55(40)68-60(44)59-57(43)64-51-24-15-23-49-58(51)66(59)53-25-12-11-22-48(53)63(49)45-20-9-5-16-37(45)38-17-6-10-21-46(38)63/h5-29,32-35,65H,30-31H2,1-4H3. The summed E-state index contributed by atoms with van der Waals surface area (Å²) >= 11 is 0. The Morgan fingerprint density at radius 2 is 1.09 bits per heavy atom. The molecule has 0 amide bonds. The van der Waals surface area contributed by atoms with Crippen LogP contribution >= 0.6 is 0 Å². The predicted octanol–water partition coefficient (Wildman–Crippen LogP) is 15.4. The van der Waals surface area contributed by atoms with Crippen molar-refractivity contribution in [2.45, 2.75) is 56.8 Å². The van der Waals surface area contributed by atoms with E-state index in [1.54, 1.807) is 0 Å². The molecule has 4 aliphatic rings. The number of nitrogens with one attached hydrogen (secondary N) is 1. The molecule has 323 valence electrons. The molecule has 15 rings (SSSR count). The minimum Gasteiger partial charge on any atom is -0.456 e. The molecule has 0 saturated carbocycles. The van der Waals surface area contributed by atoms with Crippen LogP contribution < -0.4 is 21.1 Å². The lowest BCUT2D eigenvalue weighted by Crippen LogP contribution is -2.47. The van der Waals surface area contributed by atoms with Gasteiger partial charge >= 0.3 is 0 Å². The van der Waals surface area contributed by atoms with Crippen LogP contribution in [0.4, 0.5) is 28.4 Å². The molecule has 1 N–H and O–H groups in total. The van der Waals surface area contributed by atoms with Crippen LogP contribution in [-0.4, -0.2) is 7.28 Å². The van der Waals surface area contributed by atoms with E-state index in [9.17, 15) is 0 Å². The van der Waals surface area contributed by atoms with Crippen LogP contribution in [0.25, 0.3) is 66.1 Å². The van der Waals surface area contributed by atoms with E-state index in [0.717, 1.165) is 89.6 Å². The quantitative estimate of drug-likeness (QED) is 0.180. The summed E-state index contributed by atoms with van der Waals surface area (Å²) < 4.78 is 13.9. The van der Waals surface area contributed by atoms with Crippen molar-refractivity contribution in [2.75, 3.05) is 10.2 Å². The van der Waals surface area contributed by atoms with Gasteiger partial charge in [-0.15, -0.1) is 0 Å². The van der Waals surface area contributed by atoms with Crippen LogP contribution in [0.1, 0.15) is 73.9 Å². The summed E-state index contributed by atoms with van der Waals surface area (Å²) in [5, 5.41) is 8.41. The first-order valence-electron chi connectivity index (χ1n) is 24.1. The van der Waals surface area contributed by atoms with Gasteiger partial charge in [-0.2, -0.15) is 0 Å². The van der Waals surface area contributed by atoms with E-state index in [4.69, 9.17) is 8.83 Å². The molecule has 4 nitrogen and oxygen atoms in total. The van der Waals surface area contributed by atoms with Gasteiger partial charge in [0.25, 0.3) is 0 Å². The average Bonchev–Trinajstić information content (AvgIpc) is 4.02. The fraction of sp³-hybridized carbons (Fsp3) is 0.143. The zero-order valence-corrected chi connectivity index (χ0v) is 38.5. The fourth-order valence-electron chi connectivity index (χ4n) is 13.1. The molecule has 2 aliphatic carbocycles. The number of anilines is 5. The van der Waals surface area contributed by atoms with Crippen LogP contribution in [-0.2, 0) is 16.2 Å². The van der Waals surface area contributed by atoms with Crippen molar-refractivity contribution in [3.05, 3.63) is 209 Å². The molecule has 68 heavy (non-hydrogen) atoms. The molecule has 0 bridgehead atoms. The Morgan fingerprint density at radius 1 is 0.456 bits per heavy atom. The first-order valence-corrected chi connectivity index (χ1v) is 24.1. The highest BCUT2D eigenvalue weighted by Crippen LogP contribution is 2.64. The van der Waals surface area contributed by atoms with Gasteiger partial charge in [0, 0.05) is 44.2 Å². The van der Waals surface area contributed by atoms with Gasteiger partial charge in [0.1, 0.15) is 16.7 Å². The van der Waals surface area contributed by atoms with Gasteiger partial charge in [-0.1, -0.05) is 161 Å². The van der Waals surface area contributed by atoms with E-state index in [1.807, 2.05) is 0 Å². The van der Waals surface area contributed by atoms with Crippen molar-refractivity contribution in [1.29, 1.82) is 0 Å². The van der Waals surface area contributed by atoms with Crippen molar-refractivity contribution in [1.82, 2.24) is 0 Å². The van der Waals surface area contributed by atoms with E-state index in [-0.39, 0.29) is 10.8 Å². The summed E-state index contributed by atoms with van der Waals surface area (Å²) in [5.41, 5.74) is 23.7. The van der Waals surface area contributed by atoms with Crippen molar-refractivity contribution < 1.29 is 8.83 Å². The lowest BCUT2D eigenvalue weighted by atomic mass is 9.54. The first-order chi connectivity index (χ1) is 33.2. The van der Waals surface area contributed by atoms with Crippen LogP contribution in [0.2, 0.25) is 0 Å². The van der Waals surface area contributed by atoms with Crippen LogP contribution in [0, 0.1) is 0 Å².